The summed E-state index contributed by atoms with van der Waals surface area (Å²) in [6.07, 6.45) is 0. The summed E-state index contributed by atoms with van der Waals surface area (Å²) >= 11 is 0. The molecule has 3 heterocycles. The lowest BCUT2D eigenvalue weighted by atomic mass is 10.2. The number of pyridine rings is 3. The van der Waals surface area contributed by atoms with Gasteiger partial charge in [0, 0.05) is 15.8 Å². The monoisotopic (exact) mass is 673 g/mol. The van der Waals surface area contributed by atoms with Gasteiger partial charge in [-0.15, -0.1) is 0 Å². The molecule has 7 rings (SSSR count). The van der Waals surface area contributed by atoms with Gasteiger partial charge in [0.2, 0.25) is 0 Å². The van der Waals surface area contributed by atoms with Gasteiger partial charge in [0.05, 0.1) is 33.6 Å². The van der Waals surface area contributed by atoms with E-state index in [4.69, 9.17) is 15.0 Å². The Morgan fingerprint density at radius 3 is 0.833 bits per heavy atom. The van der Waals surface area contributed by atoms with Gasteiger partial charge in [0.15, 0.2) is 0 Å². The molecule has 0 fully saturated rings. The normalized spacial score (nSPS) is 11.3. The highest BCUT2D eigenvalue weighted by atomic mass is 31.1. The zero-order chi connectivity index (χ0) is 33.0. The summed E-state index contributed by atoms with van der Waals surface area (Å²) < 4.78 is 55.4. The Hall–Kier alpha value is -5.09. The molecule has 48 heavy (non-hydrogen) atoms. The van der Waals surface area contributed by atoms with Gasteiger partial charge in [-0.05, 0) is 106 Å². The average molecular weight is 674 g/mol. The predicted octanol–water partition coefficient (Wildman–Crippen LogP) is 7.28. The second kappa shape index (κ2) is 13.9. The van der Waals surface area contributed by atoms with Crippen LogP contribution < -0.4 is 32.1 Å². The Labute approximate surface area is 277 Å². The number of benzene rings is 4. The summed E-state index contributed by atoms with van der Waals surface area (Å²) in [6.45, 7) is 0. The first-order chi connectivity index (χ1) is 23.4. The van der Waals surface area contributed by atoms with Crippen LogP contribution in [0.4, 0.5) is 17.6 Å². The fraction of sp³-hybridized carbons (Fsp3) is 0. The topological polar surface area (TPSA) is 38.7 Å². The Kier molecular flexibility index (Phi) is 9.16. The van der Waals surface area contributed by atoms with E-state index in [2.05, 4.69) is 0 Å². The molecule has 0 saturated heterocycles. The van der Waals surface area contributed by atoms with Crippen molar-refractivity contribution in [3.8, 4) is 22.8 Å². The zero-order valence-corrected chi connectivity index (χ0v) is 27.0. The van der Waals surface area contributed by atoms with E-state index in [9.17, 15) is 17.6 Å². The highest BCUT2D eigenvalue weighted by Crippen LogP contribution is 2.34. The van der Waals surface area contributed by atoms with Crippen molar-refractivity contribution < 1.29 is 17.6 Å². The fourth-order valence-electron chi connectivity index (χ4n) is 5.29. The van der Waals surface area contributed by atoms with E-state index in [1.165, 1.54) is 48.5 Å². The molecular formula is C39H25F4N3P2. The number of hydrogen-bond acceptors (Lipinski definition) is 3. The van der Waals surface area contributed by atoms with Gasteiger partial charge in [-0.25, -0.2) is 32.5 Å². The second-order valence-electron chi connectivity index (χ2n) is 10.7. The van der Waals surface area contributed by atoms with Gasteiger partial charge < -0.3 is 0 Å². The second-order valence-corrected chi connectivity index (χ2v) is 15.1. The summed E-state index contributed by atoms with van der Waals surface area (Å²) in [5.74, 6) is -1.35. The molecule has 0 radical (unpaired) electrons. The Bertz CT molecular complexity index is 1930. The van der Waals surface area contributed by atoms with Crippen LogP contribution in [0.2, 0.25) is 0 Å². The minimum Gasteiger partial charge on any atom is -0.246 e. The van der Waals surface area contributed by atoms with Crippen molar-refractivity contribution in [3.05, 3.63) is 175 Å². The molecule has 7 aromatic rings. The van der Waals surface area contributed by atoms with E-state index in [-0.39, 0.29) is 23.3 Å². The molecule has 3 aromatic heterocycles. The minimum atomic E-state index is -1.22. The molecule has 0 N–H and O–H groups in total. The van der Waals surface area contributed by atoms with Gasteiger partial charge in [-0.1, -0.05) is 66.7 Å². The molecule has 234 valence electrons. The van der Waals surface area contributed by atoms with Gasteiger partial charge in [-0.3, -0.25) is 0 Å². The maximum Gasteiger partial charge on any atom is 0.123 e. The van der Waals surface area contributed by atoms with Gasteiger partial charge >= 0.3 is 0 Å². The number of hydrogen-bond donors (Lipinski definition) is 0. The van der Waals surface area contributed by atoms with Crippen molar-refractivity contribution in [2.24, 2.45) is 0 Å². The first-order valence-corrected chi connectivity index (χ1v) is 17.6. The lowest BCUT2D eigenvalue weighted by Gasteiger charge is -2.19. The minimum absolute atomic E-state index is 0.337. The van der Waals surface area contributed by atoms with Crippen molar-refractivity contribution in [1.29, 1.82) is 0 Å². The smallest absolute Gasteiger partial charge is 0.123 e. The van der Waals surface area contributed by atoms with Crippen molar-refractivity contribution in [2.75, 3.05) is 0 Å². The van der Waals surface area contributed by atoms with E-state index >= 15 is 0 Å². The summed E-state index contributed by atoms with van der Waals surface area (Å²) in [5.41, 5.74) is 4.07. The summed E-state index contributed by atoms with van der Waals surface area (Å²) in [5, 5.41) is 3.52. The quantitative estimate of drug-likeness (QED) is 0.126. The molecule has 0 atom stereocenters. The maximum absolute atomic E-state index is 13.8. The van der Waals surface area contributed by atoms with Crippen molar-refractivity contribution in [1.82, 2.24) is 15.0 Å². The van der Waals surface area contributed by atoms with E-state index < -0.39 is 15.8 Å². The molecule has 0 bridgehead atoms. The molecule has 4 aromatic carbocycles. The summed E-state index contributed by atoms with van der Waals surface area (Å²) in [4.78, 5) is 15.0. The number of rotatable bonds is 8. The van der Waals surface area contributed by atoms with Gasteiger partial charge in [0.1, 0.15) is 23.3 Å². The highest BCUT2D eigenvalue weighted by molar-refractivity contribution is 7.80. The number of nitrogens with zero attached hydrogens (tertiary/aromatic N) is 3. The lowest BCUT2D eigenvalue weighted by molar-refractivity contribution is 0.628. The molecular weight excluding hydrogens is 648 g/mol. The molecule has 9 heteroatoms. The molecule has 3 nitrogen and oxygen atoms in total. The largest absolute Gasteiger partial charge is 0.246 e. The Balaban J connectivity index is 1.26. The van der Waals surface area contributed by atoms with Crippen LogP contribution in [0.1, 0.15) is 0 Å². The first kappa shape index (κ1) is 31.5. The van der Waals surface area contributed by atoms with Gasteiger partial charge in [0.25, 0.3) is 0 Å². The first-order valence-electron chi connectivity index (χ1n) is 15.0. The van der Waals surface area contributed by atoms with E-state index in [1.54, 1.807) is 48.5 Å². The standard InChI is InChI=1S/C39H25F4N3P2/c40-26-10-18-30(19-11-26)47(31-20-12-27(41)13-21-31)38-8-2-6-36(45-38)34-4-1-5-35(44-34)37-7-3-9-39(46-37)48(32-22-14-28(42)15-23-32)33-24-16-29(43)17-25-33/h1-25H. The third-order valence-corrected chi connectivity index (χ3v) is 12.2. The summed E-state index contributed by atoms with van der Waals surface area (Å²) in [6, 6.07) is 42.3. The van der Waals surface area contributed by atoms with Crippen LogP contribution in [0.5, 0.6) is 0 Å². The summed E-state index contributed by atoms with van der Waals surface area (Å²) in [7, 11) is -2.44. The van der Waals surface area contributed by atoms with E-state index in [1.807, 2.05) is 54.6 Å². The maximum atomic E-state index is 13.8. The molecule has 0 aliphatic carbocycles. The van der Waals surface area contributed by atoms with Crippen molar-refractivity contribution in [3.63, 3.8) is 0 Å². The number of aromatic nitrogens is 3. The molecule has 0 saturated carbocycles. The highest BCUT2D eigenvalue weighted by Gasteiger charge is 2.21. The molecule has 0 amide bonds. The Morgan fingerprint density at radius 2 is 0.542 bits per heavy atom. The van der Waals surface area contributed by atoms with E-state index in [0.717, 1.165) is 32.1 Å². The van der Waals surface area contributed by atoms with Gasteiger partial charge in [-0.2, -0.15) is 0 Å². The van der Waals surface area contributed by atoms with E-state index in [0.29, 0.717) is 22.8 Å². The predicted molar refractivity (Wildman–Crippen MR) is 188 cm³/mol. The third-order valence-electron chi connectivity index (χ3n) is 7.54. The van der Waals surface area contributed by atoms with Crippen LogP contribution in [0.3, 0.4) is 0 Å². The average Bonchev–Trinajstić information content (AvgIpc) is 3.12. The fourth-order valence-corrected chi connectivity index (χ4v) is 9.62. The van der Waals surface area contributed by atoms with Crippen molar-refractivity contribution >= 4 is 47.9 Å². The Morgan fingerprint density at radius 1 is 0.292 bits per heavy atom. The van der Waals surface area contributed by atoms with Crippen LogP contribution in [0.25, 0.3) is 22.8 Å². The van der Waals surface area contributed by atoms with Crippen LogP contribution in [0.15, 0.2) is 152 Å². The van der Waals surface area contributed by atoms with Crippen LogP contribution in [-0.4, -0.2) is 15.0 Å². The molecule has 0 spiro atoms. The third kappa shape index (κ3) is 6.94. The van der Waals surface area contributed by atoms with Crippen LogP contribution in [-0.2, 0) is 0 Å². The van der Waals surface area contributed by atoms with Crippen LogP contribution in [0, 0.1) is 23.3 Å². The zero-order valence-electron chi connectivity index (χ0n) is 25.2. The molecule has 0 unspecified atom stereocenters. The SMILES string of the molecule is Fc1ccc(P(c2ccc(F)cc2)c2cccc(-c3cccc(-c4cccc(P(c5ccc(F)cc5)c5ccc(F)cc5)n4)n3)n2)cc1. The number of halogens is 4. The molecule has 0 aliphatic rings. The van der Waals surface area contributed by atoms with Crippen molar-refractivity contribution in [2.45, 2.75) is 0 Å². The lowest BCUT2D eigenvalue weighted by Crippen LogP contribution is -2.23. The molecule has 0 aliphatic heterocycles. The van der Waals surface area contributed by atoms with Crippen LogP contribution >= 0.6 is 15.8 Å².